The highest BCUT2D eigenvalue weighted by Gasteiger charge is 2.37. The van der Waals surface area contributed by atoms with Crippen molar-refractivity contribution in [2.75, 3.05) is 11.7 Å². The fourth-order valence-electron chi connectivity index (χ4n) is 3.72. The number of urea groups is 1. The zero-order valence-corrected chi connectivity index (χ0v) is 17.3. The molecule has 0 radical (unpaired) electrons. The Labute approximate surface area is 183 Å². The Morgan fingerprint density at radius 3 is 2.56 bits per heavy atom. The summed E-state index contributed by atoms with van der Waals surface area (Å²) < 4.78 is 16.4. The van der Waals surface area contributed by atoms with Gasteiger partial charge in [0.05, 0.1) is 5.69 Å². The minimum atomic E-state index is -0.841. The Hall–Kier alpha value is -4.33. The van der Waals surface area contributed by atoms with E-state index in [0.717, 1.165) is 21.6 Å². The zero-order chi connectivity index (χ0) is 22.4. The van der Waals surface area contributed by atoms with Crippen LogP contribution in [0.4, 0.5) is 10.5 Å². The number of nitrogens with zero attached hydrogens (tertiary/aromatic N) is 1. The molecule has 3 heterocycles. The first-order chi connectivity index (χ1) is 15.4. The van der Waals surface area contributed by atoms with Crippen LogP contribution < -0.4 is 19.7 Å². The summed E-state index contributed by atoms with van der Waals surface area (Å²) in [6.45, 7) is 4.05. The molecule has 0 aliphatic carbocycles. The van der Waals surface area contributed by atoms with Crippen molar-refractivity contribution in [1.29, 1.82) is 0 Å². The van der Waals surface area contributed by atoms with Gasteiger partial charge in [-0.25, -0.2) is 9.69 Å². The van der Waals surface area contributed by atoms with Gasteiger partial charge in [-0.15, -0.1) is 0 Å². The van der Waals surface area contributed by atoms with Crippen LogP contribution in [0, 0.1) is 13.8 Å². The van der Waals surface area contributed by atoms with Crippen LogP contribution in [0.5, 0.6) is 11.5 Å². The van der Waals surface area contributed by atoms with Crippen molar-refractivity contribution in [3.8, 4) is 22.8 Å². The molecular formula is C24H18N2O6. The molecule has 160 valence electrons. The molecule has 0 spiro atoms. The molecular weight excluding hydrogens is 412 g/mol. The maximum Gasteiger partial charge on any atom is 0.335 e. The first-order valence-corrected chi connectivity index (χ1v) is 9.89. The van der Waals surface area contributed by atoms with Crippen molar-refractivity contribution >= 4 is 29.6 Å². The van der Waals surface area contributed by atoms with E-state index in [1.54, 1.807) is 24.3 Å². The van der Waals surface area contributed by atoms with E-state index in [4.69, 9.17) is 13.9 Å². The number of carbonyl (C=O) groups is 3. The summed E-state index contributed by atoms with van der Waals surface area (Å²) in [5, 5.41) is 2.20. The maximum absolute atomic E-state index is 13.1. The Morgan fingerprint density at radius 2 is 1.75 bits per heavy atom. The minimum absolute atomic E-state index is 0.0594. The number of aryl methyl sites for hydroxylation is 2. The van der Waals surface area contributed by atoms with Gasteiger partial charge in [0.15, 0.2) is 11.5 Å². The summed E-state index contributed by atoms with van der Waals surface area (Å²) in [4.78, 5) is 38.8. The summed E-state index contributed by atoms with van der Waals surface area (Å²) in [5.41, 5.74) is 3.13. The molecule has 1 aromatic heterocycles. The number of carbonyl (C=O) groups excluding carboxylic acids is 3. The number of fused-ring (bicyclic) bond motifs is 1. The van der Waals surface area contributed by atoms with E-state index in [9.17, 15) is 14.4 Å². The molecule has 0 unspecified atom stereocenters. The second-order valence-electron chi connectivity index (χ2n) is 7.52. The van der Waals surface area contributed by atoms with Gasteiger partial charge in [0, 0.05) is 11.6 Å². The molecule has 5 rings (SSSR count). The summed E-state index contributed by atoms with van der Waals surface area (Å²) in [7, 11) is 0. The van der Waals surface area contributed by atoms with Crippen LogP contribution in [0.3, 0.4) is 0 Å². The third kappa shape index (κ3) is 3.31. The van der Waals surface area contributed by atoms with Crippen LogP contribution in [0.2, 0.25) is 0 Å². The monoisotopic (exact) mass is 430 g/mol. The van der Waals surface area contributed by atoms with E-state index < -0.39 is 17.8 Å². The maximum atomic E-state index is 13.1. The Balaban J connectivity index is 1.48. The van der Waals surface area contributed by atoms with Gasteiger partial charge in [0.2, 0.25) is 6.79 Å². The number of imide groups is 2. The van der Waals surface area contributed by atoms with Crippen LogP contribution in [0.15, 0.2) is 58.5 Å². The predicted molar refractivity (Wildman–Crippen MR) is 115 cm³/mol. The van der Waals surface area contributed by atoms with Crippen LogP contribution in [0.1, 0.15) is 16.9 Å². The van der Waals surface area contributed by atoms with Gasteiger partial charge in [0.25, 0.3) is 11.8 Å². The van der Waals surface area contributed by atoms with Crippen molar-refractivity contribution < 1.29 is 28.3 Å². The van der Waals surface area contributed by atoms with Crippen molar-refractivity contribution in [2.45, 2.75) is 13.8 Å². The first kappa shape index (κ1) is 19.6. The standard InChI is InChI=1S/C24H18N2O6/c1-13-3-6-17(14(2)9-13)19-8-5-16(32-19)11-18-22(27)25-24(29)26(23(18)28)15-4-7-20-21(10-15)31-12-30-20/h3-11H,12H2,1-2H3,(H,25,27,29). The molecule has 1 saturated heterocycles. The number of furan rings is 1. The lowest BCUT2D eigenvalue weighted by molar-refractivity contribution is -0.122. The van der Waals surface area contributed by atoms with Crippen LogP contribution >= 0.6 is 0 Å². The lowest BCUT2D eigenvalue weighted by Gasteiger charge is -2.26. The van der Waals surface area contributed by atoms with Crippen LogP contribution in [-0.2, 0) is 9.59 Å². The Kier molecular flexibility index (Phi) is 4.55. The molecule has 0 atom stereocenters. The number of ether oxygens (including phenoxy) is 2. The summed E-state index contributed by atoms with van der Waals surface area (Å²) in [6, 6.07) is 13.2. The molecule has 2 aliphatic rings. The molecule has 3 aromatic rings. The number of rotatable bonds is 3. The van der Waals surface area contributed by atoms with Gasteiger partial charge in [0.1, 0.15) is 17.1 Å². The normalized spacial score (nSPS) is 16.6. The second kappa shape index (κ2) is 7.42. The van der Waals surface area contributed by atoms with E-state index in [-0.39, 0.29) is 18.1 Å². The minimum Gasteiger partial charge on any atom is -0.457 e. The van der Waals surface area contributed by atoms with E-state index >= 15 is 0 Å². The van der Waals surface area contributed by atoms with Crippen molar-refractivity contribution in [1.82, 2.24) is 5.32 Å². The lowest BCUT2D eigenvalue weighted by Crippen LogP contribution is -2.54. The smallest absolute Gasteiger partial charge is 0.335 e. The van der Waals surface area contributed by atoms with Crippen molar-refractivity contribution in [3.05, 3.63) is 71.0 Å². The topological polar surface area (TPSA) is 98.1 Å². The number of hydrogen-bond donors (Lipinski definition) is 1. The van der Waals surface area contributed by atoms with E-state index in [0.29, 0.717) is 23.0 Å². The molecule has 0 saturated carbocycles. The number of amides is 4. The fraction of sp³-hybridized carbons (Fsp3) is 0.125. The largest absolute Gasteiger partial charge is 0.457 e. The van der Waals surface area contributed by atoms with Gasteiger partial charge in [-0.2, -0.15) is 0 Å². The van der Waals surface area contributed by atoms with E-state index in [1.807, 2.05) is 32.0 Å². The summed E-state index contributed by atoms with van der Waals surface area (Å²) >= 11 is 0. The summed E-state index contributed by atoms with van der Waals surface area (Å²) in [5.74, 6) is 0.304. The quantitative estimate of drug-likeness (QED) is 0.499. The van der Waals surface area contributed by atoms with E-state index in [1.165, 1.54) is 12.1 Å². The Bertz CT molecular complexity index is 1320. The Morgan fingerprint density at radius 1 is 0.938 bits per heavy atom. The molecule has 1 fully saturated rings. The molecule has 2 aromatic carbocycles. The number of hydrogen-bond acceptors (Lipinski definition) is 6. The molecule has 4 amide bonds. The molecule has 8 heteroatoms. The molecule has 1 N–H and O–H groups in total. The fourth-order valence-corrected chi connectivity index (χ4v) is 3.72. The van der Waals surface area contributed by atoms with Crippen molar-refractivity contribution in [2.24, 2.45) is 0 Å². The number of anilines is 1. The van der Waals surface area contributed by atoms with Gasteiger partial charge >= 0.3 is 6.03 Å². The molecule has 0 bridgehead atoms. The predicted octanol–water partition coefficient (Wildman–Crippen LogP) is 3.96. The third-order valence-electron chi connectivity index (χ3n) is 5.28. The van der Waals surface area contributed by atoms with Crippen LogP contribution in [0.25, 0.3) is 17.4 Å². The molecule has 2 aliphatic heterocycles. The zero-order valence-electron chi connectivity index (χ0n) is 17.3. The average molecular weight is 430 g/mol. The highest BCUT2D eigenvalue weighted by atomic mass is 16.7. The van der Waals surface area contributed by atoms with Gasteiger partial charge in [-0.05, 0) is 49.8 Å². The molecule has 32 heavy (non-hydrogen) atoms. The number of benzene rings is 2. The van der Waals surface area contributed by atoms with Crippen molar-refractivity contribution in [3.63, 3.8) is 0 Å². The highest BCUT2D eigenvalue weighted by molar-refractivity contribution is 6.39. The lowest BCUT2D eigenvalue weighted by atomic mass is 10.0. The number of nitrogens with one attached hydrogen (secondary N) is 1. The number of barbiturate groups is 1. The molecule has 8 nitrogen and oxygen atoms in total. The van der Waals surface area contributed by atoms with Gasteiger partial charge < -0.3 is 13.9 Å². The van der Waals surface area contributed by atoms with E-state index in [2.05, 4.69) is 5.32 Å². The first-order valence-electron chi connectivity index (χ1n) is 9.89. The average Bonchev–Trinajstić information content (AvgIpc) is 3.40. The second-order valence-corrected chi connectivity index (χ2v) is 7.52. The van der Waals surface area contributed by atoms with Crippen LogP contribution in [-0.4, -0.2) is 24.6 Å². The van der Waals surface area contributed by atoms with Gasteiger partial charge in [-0.3, -0.25) is 14.9 Å². The third-order valence-corrected chi connectivity index (χ3v) is 5.28. The van der Waals surface area contributed by atoms with Gasteiger partial charge in [-0.1, -0.05) is 23.8 Å². The highest BCUT2D eigenvalue weighted by Crippen LogP contribution is 2.36. The SMILES string of the molecule is Cc1ccc(-c2ccc(C=C3C(=O)NC(=O)N(c4ccc5c(c4)OCO5)C3=O)o2)c(C)c1. The summed E-state index contributed by atoms with van der Waals surface area (Å²) in [6.07, 6.45) is 1.33.